The lowest BCUT2D eigenvalue weighted by atomic mass is 10.1. The van der Waals surface area contributed by atoms with E-state index >= 15 is 0 Å². The van der Waals surface area contributed by atoms with E-state index in [1.165, 1.54) is 5.56 Å². The van der Waals surface area contributed by atoms with Gasteiger partial charge in [0.05, 0.1) is 0 Å². The van der Waals surface area contributed by atoms with Crippen LogP contribution in [0, 0.1) is 13.8 Å². The van der Waals surface area contributed by atoms with E-state index in [0.717, 1.165) is 33.3 Å². The fourth-order valence-electron chi connectivity index (χ4n) is 2.73. The Morgan fingerprint density at radius 3 is 2.60 bits per heavy atom. The summed E-state index contributed by atoms with van der Waals surface area (Å²) >= 11 is 6.27. The first kappa shape index (κ1) is 15.7. The summed E-state index contributed by atoms with van der Waals surface area (Å²) in [6.07, 6.45) is 3.69. The number of halogens is 1. The molecule has 0 atom stereocenters. The molecule has 0 unspecified atom stereocenters. The first-order chi connectivity index (χ1) is 12.1. The minimum absolute atomic E-state index is 0.652. The maximum absolute atomic E-state index is 6.27. The van der Waals surface area contributed by atoms with Crippen molar-refractivity contribution < 1.29 is 0 Å². The fraction of sp³-hybridized carbons (Fsp3) is 0.100. The van der Waals surface area contributed by atoms with Crippen LogP contribution in [0.1, 0.15) is 11.1 Å². The third-order valence-corrected chi connectivity index (χ3v) is 4.57. The molecule has 0 aliphatic heterocycles. The van der Waals surface area contributed by atoms with Crippen LogP contribution in [0.5, 0.6) is 0 Å². The molecule has 0 saturated carbocycles. The van der Waals surface area contributed by atoms with Crippen LogP contribution in [-0.2, 0) is 0 Å². The lowest BCUT2D eigenvalue weighted by molar-refractivity contribution is 1.11. The lowest BCUT2D eigenvalue weighted by Gasteiger charge is -2.10. The molecule has 124 valence electrons. The predicted molar refractivity (Wildman–Crippen MR) is 103 cm³/mol. The van der Waals surface area contributed by atoms with Crippen LogP contribution in [-0.4, -0.2) is 14.4 Å². The number of aromatic nitrogens is 3. The number of fused-ring (bicyclic) bond motifs is 1. The molecule has 4 aromatic rings. The minimum Gasteiger partial charge on any atom is -0.339 e. The summed E-state index contributed by atoms with van der Waals surface area (Å²) in [6, 6.07) is 16.1. The molecule has 0 radical (unpaired) electrons. The Labute approximate surface area is 151 Å². The Bertz CT molecular complexity index is 1050. The number of hydrogen-bond donors (Lipinski definition) is 1. The van der Waals surface area contributed by atoms with E-state index < -0.39 is 0 Å². The van der Waals surface area contributed by atoms with Gasteiger partial charge in [-0.2, -0.15) is 0 Å². The molecule has 0 spiro atoms. The van der Waals surface area contributed by atoms with E-state index in [-0.39, 0.29) is 0 Å². The maximum Gasteiger partial charge on any atom is 0.235 e. The molecule has 2 heterocycles. The van der Waals surface area contributed by atoms with Crippen molar-refractivity contribution in [1.29, 1.82) is 0 Å². The zero-order valence-corrected chi connectivity index (χ0v) is 14.7. The summed E-state index contributed by atoms with van der Waals surface area (Å²) in [6.45, 7) is 4.06. The highest BCUT2D eigenvalue weighted by Gasteiger charge is 2.15. The van der Waals surface area contributed by atoms with E-state index in [0.29, 0.717) is 5.78 Å². The SMILES string of the molecule is Cc1ccc(-c2nc3ncccn3c2Nc2ccc(C)c(Cl)c2)cc1. The minimum atomic E-state index is 0.652. The molecule has 25 heavy (non-hydrogen) atoms. The van der Waals surface area contributed by atoms with Crippen LogP contribution in [0.3, 0.4) is 0 Å². The van der Waals surface area contributed by atoms with Gasteiger partial charge in [0.25, 0.3) is 0 Å². The van der Waals surface area contributed by atoms with Crippen LogP contribution < -0.4 is 5.32 Å². The van der Waals surface area contributed by atoms with E-state index in [4.69, 9.17) is 16.6 Å². The van der Waals surface area contributed by atoms with Gasteiger partial charge in [0, 0.05) is 28.7 Å². The Balaban J connectivity index is 1.87. The average Bonchev–Trinajstić information content (AvgIpc) is 2.97. The second-order valence-corrected chi connectivity index (χ2v) is 6.46. The van der Waals surface area contributed by atoms with Crippen molar-refractivity contribution in [2.75, 3.05) is 5.32 Å². The highest BCUT2D eigenvalue weighted by atomic mass is 35.5. The summed E-state index contributed by atoms with van der Waals surface area (Å²) in [5.41, 5.74) is 5.07. The smallest absolute Gasteiger partial charge is 0.235 e. The van der Waals surface area contributed by atoms with Crippen molar-refractivity contribution in [3.05, 3.63) is 77.1 Å². The molecule has 0 amide bonds. The first-order valence-electron chi connectivity index (χ1n) is 8.05. The fourth-order valence-corrected chi connectivity index (χ4v) is 2.91. The van der Waals surface area contributed by atoms with Gasteiger partial charge < -0.3 is 5.32 Å². The van der Waals surface area contributed by atoms with Crippen LogP contribution in [0.25, 0.3) is 17.0 Å². The van der Waals surface area contributed by atoms with Gasteiger partial charge in [0.1, 0.15) is 11.5 Å². The monoisotopic (exact) mass is 348 g/mol. The second-order valence-electron chi connectivity index (χ2n) is 6.05. The largest absolute Gasteiger partial charge is 0.339 e. The molecule has 2 aromatic heterocycles. The number of benzene rings is 2. The van der Waals surface area contributed by atoms with Crippen molar-refractivity contribution in [2.24, 2.45) is 0 Å². The topological polar surface area (TPSA) is 42.2 Å². The van der Waals surface area contributed by atoms with Gasteiger partial charge >= 0.3 is 0 Å². The molecule has 4 nitrogen and oxygen atoms in total. The number of anilines is 2. The predicted octanol–water partition coefficient (Wildman–Crippen LogP) is 5.41. The number of imidazole rings is 1. The zero-order valence-electron chi connectivity index (χ0n) is 14.0. The molecule has 1 N–H and O–H groups in total. The van der Waals surface area contributed by atoms with E-state index in [9.17, 15) is 0 Å². The normalized spacial score (nSPS) is 11.0. The van der Waals surface area contributed by atoms with Crippen LogP contribution >= 0.6 is 11.6 Å². The van der Waals surface area contributed by atoms with Crippen LogP contribution in [0.2, 0.25) is 5.02 Å². The Hall–Kier alpha value is -2.85. The quantitative estimate of drug-likeness (QED) is 0.538. The highest BCUT2D eigenvalue weighted by Crippen LogP contribution is 2.31. The Kier molecular flexibility index (Phi) is 3.90. The molecule has 5 heteroatoms. The molecule has 0 saturated heterocycles. The van der Waals surface area contributed by atoms with E-state index in [1.54, 1.807) is 6.20 Å². The van der Waals surface area contributed by atoms with E-state index in [1.807, 2.05) is 41.8 Å². The summed E-state index contributed by atoms with van der Waals surface area (Å²) in [5.74, 6) is 1.52. The van der Waals surface area contributed by atoms with Crippen LogP contribution in [0.4, 0.5) is 11.5 Å². The standard InChI is InChI=1S/C20H17ClN4/c1-13-4-7-15(8-5-13)18-19(25-11-3-10-22-20(25)24-18)23-16-9-6-14(2)17(21)12-16/h3-12,23H,1-2H3. The molecule has 0 aliphatic carbocycles. The number of aryl methyl sites for hydroxylation is 2. The maximum atomic E-state index is 6.27. The third kappa shape index (κ3) is 2.96. The number of hydrogen-bond acceptors (Lipinski definition) is 3. The zero-order chi connectivity index (χ0) is 17.4. The van der Waals surface area contributed by atoms with Gasteiger partial charge in [-0.15, -0.1) is 0 Å². The average molecular weight is 349 g/mol. The molecular formula is C20H17ClN4. The molecule has 0 fully saturated rings. The van der Waals surface area contributed by atoms with Crippen molar-refractivity contribution in [3.8, 4) is 11.3 Å². The molecule has 2 aromatic carbocycles. The van der Waals surface area contributed by atoms with Crippen molar-refractivity contribution in [3.63, 3.8) is 0 Å². The molecule has 4 rings (SSSR count). The van der Waals surface area contributed by atoms with Crippen molar-refractivity contribution in [1.82, 2.24) is 14.4 Å². The van der Waals surface area contributed by atoms with Gasteiger partial charge in [0.15, 0.2) is 0 Å². The van der Waals surface area contributed by atoms with Gasteiger partial charge in [-0.3, -0.25) is 4.40 Å². The number of nitrogens with zero attached hydrogens (tertiary/aromatic N) is 3. The summed E-state index contributed by atoms with van der Waals surface area (Å²) in [5, 5.41) is 4.18. The van der Waals surface area contributed by atoms with Crippen molar-refractivity contribution in [2.45, 2.75) is 13.8 Å². The lowest BCUT2D eigenvalue weighted by Crippen LogP contribution is -1.97. The summed E-state index contributed by atoms with van der Waals surface area (Å²) in [4.78, 5) is 9.07. The summed E-state index contributed by atoms with van der Waals surface area (Å²) in [7, 11) is 0. The van der Waals surface area contributed by atoms with Gasteiger partial charge in [-0.25, -0.2) is 9.97 Å². The van der Waals surface area contributed by atoms with Gasteiger partial charge in [-0.05, 0) is 37.6 Å². The van der Waals surface area contributed by atoms with Gasteiger partial charge in [-0.1, -0.05) is 47.5 Å². The number of rotatable bonds is 3. The van der Waals surface area contributed by atoms with Gasteiger partial charge in [0.2, 0.25) is 5.78 Å². The molecular weight excluding hydrogens is 332 g/mol. The highest BCUT2D eigenvalue weighted by molar-refractivity contribution is 6.31. The second kappa shape index (κ2) is 6.22. The van der Waals surface area contributed by atoms with Crippen molar-refractivity contribution >= 4 is 28.9 Å². The third-order valence-electron chi connectivity index (χ3n) is 4.16. The molecule has 0 aliphatic rings. The van der Waals surface area contributed by atoms with Crippen LogP contribution in [0.15, 0.2) is 60.9 Å². The number of nitrogens with one attached hydrogen (secondary N) is 1. The Morgan fingerprint density at radius 1 is 1.04 bits per heavy atom. The summed E-state index contributed by atoms with van der Waals surface area (Å²) < 4.78 is 1.95. The first-order valence-corrected chi connectivity index (χ1v) is 8.43. The van der Waals surface area contributed by atoms with E-state index in [2.05, 4.69) is 41.5 Å². The molecule has 0 bridgehead atoms. The Morgan fingerprint density at radius 2 is 1.84 bits per heavy atom.